The molecular formula is C31H32ClFN2O8S. The molecule has 234 valence electrons. The standard InChI is InChI=1S/C31H32ClFN2O8S/c1-19-14-29(31(34-16-19)41-18-20(2)42-21(3)36)44(38,39)35-17-23(10-13-30(37)40-4)43-28-12-9-22(15-27(28)35)8-11-24-25(32)6-5-7-26(24)33/h5-9,11-12,14-16,20,23H,10,13,17-18H2,1-4H3/b11-8+/t20-,23+/m1/s1. The van der Waals surface area contributed by atoms with E-state index in [0.717, 1.165) is 0 Å². The number of carbonyl (C=O) groups is 2. The normalized spacial score (nSPS) is 15.3. The quantitative estimate of drug-likeness (QED) is 0.194. The highest BCUT2D eigenvalue weighted by atomic mass is 35.5. The van der Waals surface area contributed by atoms with Crippen LogP contribution >= 0.6 is 11.6 Å². The van der Waals surface area contributed by atoms with Crippen molar-refractivity contribution in [3.05, 3.63) is 76.2 Å². The van der Waals surface area contributed by atoms with Crippen molar-refractivity contribution < 1.29 is 41.3 Å². The van der Waals surface area contributed by atoms with Gasteiger partial charge in [-0.15, -0.1) is 0 Å². The van der Waals surface area contributed by atoms with Gasteiger partial charge in [0.2, 0.25) is 5.88 Å². The summed E-state index contributed by atoms with van der Waals surface area (Å²) in [6.45, 7) is 4.30. The van der Waals surface area contributed by atoms with Crippen molar-refractivity contribution in [3.8, 4) is 11.6 Å². The van der Waals surface area contributed by atoms with Crippen LogP contribution < -0.4 is 13.8 Å². The van der Waals surface area contributed by atoms with E-state index in [1.165, 1.54) is 48.8 Å². The van der Waals surface area contributed by atoms with E-state index in [9.17, 15) is 22.4 Å². The number of sulfonamides is 1. The number of rotatable bonds is 11. The third-order valence-electron chi connectivity index (χ3n) is 6.60. The number of esters is 2. The highest BCUT2D eigenvalue weighted by Gasteiger charge is 2.37. The predicted molar refractivity (Wildman–Crippen MR) is 163 cm³/mol. The maximum atomic E-state index is 14.4. The molecule has 2 heterocycles. The third-order valence-corrected chi connectivity index (χ3v) is 8.70. The van der Waals surface area contributed by atoms with Crippen molar-refractivity contribution in [2.24, 2.45) is 0 Å². The van der Waals surface area contributed by atoms with E-state index in [1.54, 1.807) is 44.2 Å². The Balaban J connectivity index is 1.74. The molecule has 1 aromatic heterocycles. The molecule has 0 spiro atoms. The second-order valence-electron chi connectivity index (χ2n) is 10.1. The summed E-state index contributed by atoms with van der Waals surface area (Å²) < 4.78 is 65.9. The SMILES string of the molecule is COC(=O)CC[C@H]1CN(S(=O)(=O)c2cc(C)cnc2OC[C@@H](C)OC(C)=O)c2cc(/C=C/c3c(F)cccc3Cl)ccc2O1. The first-order chi connectivity index (χ1) is 20.9. The molecule has 1 aliphatic heterocycles. The Morgan fingerprint density at radius 2 is 2.00 bits per heavy atom. The molecular weight excluding hydrogens is 615 g/mol. The van der Waals surface area contributed by atoms with Crippen molar-refractivity contribution in [1.82, 2.24) is 4.98 Å². The topological polar surface area (TPSA) is 121 Å². The molecule has 0 saturated carbocycles. The zero-order valence-corrected chi connectivity index (χ0v) is 26.2. The number of ether oxygens (including phenoxy) is 4. The summed E-state index contributed by atoms with van der Waals surface area (Å²) in [6.07, 6.45) is 3.45. The zero-order valence-electron chi connectivity index (χ0n) is 24.6. The summed E-state index contributed by atoms with van der Waals surface area (Å²) in [7, 11) is -3.07. The van der Waals surface area contributed by atoms with Crippen LogP contribution in [0.15, 0.2) is 53.6 Å². The van der Waals surface area contributed by atoms with Gasteiger partial charge in [-0.2, -0.15) is 0 Å². The van der Waals surface area contributed by atoms with Crippen LogP contribution in [0.5, 0.6) is 11.6 Å². The van der Waals surface area contributed by atoms with Crippen molar-refractivity contribution in [1.29, 1.82) is 0 Å². The van der Waals surface area contributed by atoms with E-state index in [1.807, 2.05) is 0 Å². The van der Waals surface area contributed by atoms with Crippen LogP contribution in [-0.4, -0.2) is 57.8 Å². The highest BCUT2D eigenvalue weighted by Crippen LogP contribution is 2.40. The Hall–Kier alpha value is -4.16. The molecule has 3 aromatic rings. The molecule has 0 saturated heterocycles. The number of anilines is 1. The molecule has 0 amide bonds. The van der Waals surface area contributed by atoms with Gasteiger partial charge in [0.05, 0.1) is 24.4 Å². The highest BCUT2D eigenvalue weighted by molar-refractivity contribution is 7.93. The lowest BCUT2D eigenvalue weighted by molar-refractivity contribution is -0.147. The molecule has 0 unspecified atom stereocenters. The van der Waals surface area contributed by atoms with E-state index in [4.69, 9.17) is 30.5 Å². The Morgan fingerprint density at radius 1 is 1.23 bits per heavy atom. The number of aryl methyl sites for hydroxylation is 1. The number of hydrogen-bond donors (Lipinski definition) is 0. The number of hydrogen-bond acceptors (Lipinski definition) is 9. The zero-order chi connectivity index (χ0) is 32.0. The smallest absolute Gasteiger partial charge is 0.305 e. The second-order valence-corrected chi connectivity index (χ2v) is 12.4. The van der Waals surface area contributed by atoms with Gasteiger partial charge in [-0.25, -0.2) is 17.8 Å². The average Bonchev–Trinajstić information content (AvgIpc) is 2.98. The molecule has 2 atom stereocenters. The molecule has 0 N–H and O–H groups in total. The number of aromatic nitrogens is 1. The van der Waals surface area contributed by atoms with E-state index in [0.29, 0.717) is 11.1 Å². The summed E-state index contributed by atoms with van der Waals surface area (Å²) in [5.41, 5.74) is 1.53. The van der Waals surface area contributed by atoms with Gasteiger partial charge in [-0.05, 0) is 67.8 Å². The monoisotopic (exact) mass is 646 g/mol. The number of carbonyl (C=O) groups excluding carboxylic acids is 2. The molecule has 4 rings (SSSR count). The molecule has 0 fully saturated rings. The lowest BCUT2D eigenvalue weighted by atomic mass is 10.1. The number of benzene rings is 2. The maximum absolute atomic E-state index is 14.4. The van der Waals surface area contributed by atoms with Crippen LogP contribution in [0.1, 0.15) is 43.4 Å². The van der Waals surface area contributed by atoms with Gasteiger partial charge in [-0.1, -0.05) is 29.8 Å². The van der Waals surface area contributed by atoms with Gasteiger partial charge < -0.3 is 18.9 Å². The lowest BCUT2D eigenvalue weighted by Crippen LogP contribution is -2.44. The second kappa shape index (κ2) is 14.1. The van der Waals surface area contributed by atoms with E-state index in [2.05, 4.69) is 4.98 Å². The number of nitrogens with zero attached hydrogens (tertiary/aromatic N) is 2. The summed E-state index contributed by atoms with van der Waals surface area (Å²) in [4.78, 5) is 27.2. The largest absolute Gasteiger partial charge is 0.486 e. The van der Waals surface area contributed by atoms with Gasteiger partial charge in [0.1, 0.15) is 35.3 Å². The fraction of sp³-hybridized carbons (Fsp3) is 0.323. The minimum absolute atomic E-state index is 0.0169. The van der Waals surface area contributed by atoms with Gasteiger partial charge in [0.25, 0.3) is 10.0 Å². The van der Waals surface area contributed by atoms with E-state index in [-0.39, 0.29) is 58.8 Å². The van der Waals surface area contributed by atoms with Crippen LogP contribution in [-0.2, 0) is 29.1 Å². The van der Waals surface area contributed by atoms with Crippen LogP contribution in [0.4, 0.5) is 10.1 Å². The molecule has 2 aromatic carbocycles. The minimum Gasteiger partial charge on any atom is -0.486 e. The van der Waals surface area contributed by atoms with Crippen molar-refractivity contribution >= 4 is 51.4 Å². The Kier molecular flexibility index (Phi) is 10.5. The fourth-order valence-electron chi connectivity index (χ4n) is 4.50. The molecule has 44 heavy (non-hydrogen) atoms. The van der Waals surface area contributed by atoms with Crippen molar-refractivity contribution in [2.75, 3.05) is 24.6 Å². The lowest BCUT2D eigenvalue weighted by Gasteiger charge is -2.36. The van der Waals surface area contributed by atoms with Gasteiger partial charge in [0.15, 0.2) is 0 Å². The van der Waals surface area contributed by atoms with Crippen molar-refractivity contribution in [2.45, 2.75) is 50.7 Å². The summed E-state index contributed by atoms with van der Waals surface area (Å²) >= 11 is 6.16. The summed E-state index contributed by atoms with van der Waals surface area (Å²) in [6, 6.07) is 10.7. The van der Waals surface area contributed by atoms with Crippen LogP contribution in [0.2, 0.25) is 5.02 Å². The average molecular weight is 647 g/mol. The molecule has 0 bridgehead atoms. The minimum atomic E-state index is -4.34. The summed E-state index contributed by atoms with van der Waals surface area (Å²) in [5, 5.41) is 0.225. The van der Waals surface area contributed by atoms with E-state index < -0.39 is 40.0 Å². The maximum Gasteiger partial charge on any atom is 0.305 e. The van der Waals surface area contributed by atoms with Crippen molar-refractivity contribution in [3.63, 3.8) is 0 Å². The first kappa shape index (κ1) is 32.7. The number of methoxy groups -OCH3 is 1. The van der Waals surface area contributed by atoms with Gasteiger partial charge >= 0.3 is 11.9 Å². The molecule has 13 heteroatoms. The van der Waals surface area contributed by atoms with Crippen LogP contribution in [0.25, 0.3) is 12.2 Å². The predicted octanol–water partition coefficient (Wildman–Crippen LogP) is 5.59. The molecule has 10 nitrogen and oxygen atoms in total. The van der Waals surface area contributed by atoms with Crippen LogP contribution in [0.3, 0.4) is 0 Å². The molecule has 0 radical (unpaired) electrons. The fourth-order valence-corrected chi connectivity index (χ4v) is 6.39. The Morgan fingerprint density at radius 3 is 2.70 bits per heavy atom. The number of fused-ring (bicyclic) bond motifs is 1. The molecule has 0 aliphatic carbocycles. The Bertz CT molecular complexity index is 1660. The third kappa shape index (κ3) is 7.86. The summed E-state index contributed by atoms with van der Waals surface area (Å²) in [5.74, 6) is -1.37. The number of halogens is 2. The Labute approximate surface area is 260 Å². The van der Waals surface area contributed by atoms with Gasteiger partial charge in [0, 0.05) is 25.1 Å². The first-order valence-corrected chi connectivity index (χ1v) is 15.5. The first-order valence-electron chi connectivity index (χ1n) is 13.7. The number of pyridine rings is 1. The van der Waals surface area contributed by atoms with Gasteiger partial charge in [-0.3, -0.25) is 13.9 Å². The van der Waals surface area contributed by atoms with Crippen LogP contribution in [0, 0.1) is 12.7 Å². The van der Waals surface area contributed by atoms with E-state index >= 15 is 0 Å². The molecule has 1 aliphatic rings.